The average molecular weight is 328 g/mol. The van der Waals surface area contributed by atoms with Gasteiger partial charge in [-0.1, -0.05) is 29.8 Å². The minimum Gasteiger partial charge on any atom is -0.326 e. The fourth-order valence-corrected chi connectivity index (χ4v) is 2.34. The largest absolute Gasteiger partial charge is 0.326 e. The number of rotatable bonds is 6. The summed E-state index contributed by atoms with van der Waals surface area (Å²) in [5.41, 5.74) is 2.31. The average Bonchev–Trinajstić information content (AvgIpc) is 2.56. The summed E-state index contributed by atoms with van der Waals surface area (Å²) in [4.78, 5) is 14.0. The van der Waals surface area contributed by atoms with Gasteiger partial charge in [0, 0.05) is 30.2 Å². The molecule has 0 aliphatic heterocycles. The fourth-order valence-electron chi connectivity index (χ4n) is 2.14. The molecule has 0 spiro atoms. The van der Waals surface area contributed by atoms with Gasteiger partial charge in [0.1, 0.15) is 0 Å². The third-order valence-electron chi connectivity index (χ3n) is 3.42. The van der Waals surface area contributed by atoms with Crippen molar-refractivity contribution in [2.24, 2.45) is 0 Å². The summed E-state index contributed by atoms with van der Waals surface area (Å²) in [6.45, 7) is 1.33. The smallest absolute Gasteiger partial charge is 0.225 e. The minimum atomic E-state index is -0.0549. The Hall–Kier alpha value is -2.35. The van der Waals surface area contributed by atoms with Crippen LogP contribution in [0.2, 0.25) is 5.02 Å². The third kappa shape index (κ3) is 5.41. The van der Waals surface area contributed by atoms with E-state index in [-0.39, 0.29) is 5.91 Å². The second-order valence-electron chi connectivity index (χ2n) is 5.32. The zero-order valence-electron chi connectivity index (χ0n) is 12.9. The Bertz CT molecular complexity index is 707. The first-order valence-electron chi connectivity index (χ1n) is 7.30. The Morgan fingerprint density at radius 1 is 1.22 bits per heavy atom. The zero-order chi connectivity index (χ0) is 16.7. The van der Waals surface area contributed by atoms with E-state index in [0.29, 0.717) is 30.8 Å². The molecule has 2 aromatic rings. The summed E-state index contributed by atoms with van der Waals surface area (Å²) in [6.07, 6.45) is 0.390. The van der Waals surface area contributed by atoms with Crippen LogP contribution in [0.4, 0.5) is 5.69 Å². The van der Waals surface area contributed by atoms with Gasteiger partial charge in [-0.3, -0.25) is 4.79 Å². The number of nitrogens with one attached hydrogen (secondary N) is 1. The molecule has 5 heteroatoms. The first-order chi connectivity index (χ1) is 11.1. The molecule has 1 amide bonds. The Morgan fingerprint density at radius 3 is 2.57 bits per heavy atom. The first kappa shape index (κ1) is 17.0. The van der Waals surface area contributed by atoms with E-state index >= 15 is 0 Å². The van der Waals surface area contributed by atoms with Crippen molar-refractivity contribution < 1.29 is 4.79 Å². The molecular formula is C18H18ClN3O. The maximum atomic E-state index is 12.0. The lowest BCUT2D eigenvalue weighted by atomic mass is 10.2. The van der Waals surface area contributed by atoms with Gasteiger partial charge >= 0.3 is 0 Å². The van der Waals surface area contributed by atoms with Crippen molar-refractivity contribution in [2.45, 2.75) is 13.0 Å². The van der Waals surface area contributed by atoms with E-state index < -0.39 is 0 Å². The molecule has 0 aromatic heterocycles. The van der Waals surface area contributed by atoms with Crippen LogP contribution >= 0.6 is 11.6 Å². The molecular weight excluding hydrogens is 310 g/mol. The summed E-state index contributed by atoms with van der Waals surface area (Å²) in [7, 11) is 1.96. The number of benzene rings is 2. The topological polar surface area (TPSA) is 56.1 Å². The molecule has 0 unspecified atom stereocenters. The molecule has 0 saturated heterocycles. The van der Waals surface area contributed by atoms with Gasteiger partial charge in [0.2, 0.25) is 5.91 Å². The van der Waals surface area contributed by atoms with Gasteiger partial charge in [-0.2, -0.15) is 5.26 Å². The van der Waals surface area contributed by atoms with E-state index in [1.165, 1.54) is 0 Å². The van der Waals surface area contributed by atoms with E-state index in [1.54, 1.807) is 24.3 Å². The summed E-state index contributed by atoms with van der Waals surface area (Å²) >= 11 is 6.13. The van der Waals surface area contributed by atoms with Crippen LogP contribution in [0, 0.1) is 11.3 Å². The van der Waals surface area contributed by atoms with Crippen molar-refractivity contribution in [3.63, 3.8) is 0 Å². The SMILES string of the molecule is CN(CCC(=O)Nc1ccc(C#N)cc1)Cc1ccccc1Cl. The number of hydrogen-bond donors (Lipinski definition) is 1. The van der Waals surface area contributed by atoms with Crippen LogP contribution < -0.4 is 5.32 Å². The lowest BCUT2D eigenvalue weighted by Crippen LogP contribution is -2.24. The second-order valence-corrected chi connectivity index (χ2v) is 5.72. The van der Waals surface area contributed by atoms with Crippen LogP contribution in [0.15, 0.2) is 48.5 Å². The van der Waals surface area contributed by atoms with Crippen molar-refractivity contribution in [1.29, 1.82) is 5.26 Å². The number of amides is 1. The number of halogens is 1. The van der Waals surface area contributed by atoms with Crippen LogP contribution in [0.5, 0.6) is 0 Å². The van der Waals surface area contributed by atoms with Gasteiger partial charge in [-0.15, -0.1) is 0 Å². The molecule has 0 heterocycles. The Labute approximate surface area is 141 Å². The van der Waals surface area contributed by atoms with Crippen molar-refractivity contribution >= 4 is 23.2 Å². The fraction of sp³-hybridized carbons (Fsp3) is 0.222. The lowest BCUT2D eigenvalue weighted by Gasteiger charge is -2.17. The van der Waals surface area contributed by atoms with E-state index in [1.807, 2.05) is 37.4 Å². The number of anilines is 1. The van der Waals surface area contributed by atoms with E-state index in [9.17, 15) is 4.79 Å². The van der Waals surface area contributed by atoms with Crippen LogP contribution in [0.3, 0.4) is 0 Å². The normalized spacial score (nSPS) is 10.3. The van der Waals surface area contributed by atoms with E-state index in [4.69, 9.17) is 16.9 Å². The van der Waals surface area contributed by atoms with E-state index in [0.717, 1.165) is 10.6 Å². The Kier molecular flexibility index (Phi) is 6.16. The molecule has 0 aliphatic carbocycles. The zero-order valence-corrected chi connectivity index (χ0v) is 13.7. The number of carbonyl (C=O) groups excluding carboxylic acids is 1. The third-order valence-corrected chi connectivity index (χ3v) is 3.79. The number of hydrogen-bond acceptors (Lipinski definition) is 3. The molecule has 0 radical (unpaired) electrons. The van der Waals surface area contributed by atoms with Crippen LogP contribution in [0.1, 0.15) is 17.5 Å². The highest BCUT2D eigenvalue weighted by Crippen LogP contribution is 2.16. The van der Waals surface area contributed by atoms with Gasteiger partial charge < -0.3 is 10.2 Å². The van der Waals surface area contributed by atoms with Crippen molar-refractivity contribution in [1.82, 2.24) is 4.90 Å². The molecule has 0 bridgehead atoms. The Balaban J connectivity index is 1.79. The molecule has 23 heavy (non-hydrogen) atoms. The van der Waals surface area contributed by atoms with Crippen LogP contribution in [-0.2, 0) is 11.3 Å². The minimum absolute atomic E-state index is 0.0549. The number of carbonyl (C=O) groups is 1. The second kappa shape index (κ2) is 8.33. The first-order valence-corrected chi connectivity index (χ1v) is 7.68. The molecule has 2 rings (SSSR count). The maximum Gasteiger partial charge on any atom is 0.225 e. The highest BCUT2D eigenvalue weighted by molar-refractivity contribution is 6.31. The van der Waals surface area contributed by atoms with Gasteiger partial charge in [-0.25, -0.2) is 0 Å². The molecule has 2 aromatic carbocycles. The standard InChI is InChI=1S/C18H18ClN3O/c1-22(13-15-4-2-3-5-17(15)19)11-10-18(23)21-16-8-6-14(12-20)7-9-16/h2-9H,10-11,13H2,1H3,(H,21,23). The highest BCUT2D eigenvalue weighted by atomic mass is 35.5. The molecule has 4 nitrogen and oxygen atoms in total. The lowest BCUT2D eigenvalue weighted by molar-refractivity contribution is -0.116. The van der Waals surface area contributed by atoms with Crippen molar-refractivity contribution in [3.05, 3.63) is 64.7 Å². The maximum absolute atomic E-state index is 12.0. The van der Waals surface area contributed by atoms with Gasteiger partial charge in [0.05, 0.1) is 11.6 Å². The highest BCUT2D eigenvalue weighted by Gasteiger charge is 2.07. The van der Waals surface area contributed by atoms with E-state index in [2.05, 4.69) is 10.2 Å². The molecule has 0 saturated carbocycles. The number of nitrogens with zero attached hydrogens (tertiary/aromatic N) is 2. The molecule has 1 N–H and O–H groups in total. The van der Waals surface area contributed by atoms with Crippen LogP contribution in [-0.4, -0.2) is 24.4 Å². The predicted octanol–water partition coefficient (Wildman–Crippen LogP) is 3.67. The summed E-state index contributed by atoms with van der Waals surface area (Å²) < 4.78 is 0. The van der Waals surface area contributed by atoms with Gasteiger partial charge in [0.25, 0.3) is 0 Å². The van der Waals surface area contributed by atoms with Gasteiger partial charge in [-0.05, 0) is 42.9 Å². The van der Waals surface area contributed by atoms with Crippen molar-refractivity contribution in [2.75, 3.05) is 18.9 Å². The van der Waals surface area contributed by atoms with Gasteiger partial charge in [0.15, 0.2) is 0 Å². The van der Waals surface area contributed by atoms with Crippen LogP contribution in [0.25, 0.3) is 0 Å². The monoisotopic (exact) mass is 327 g/mol. The summed E-state index contributed by atoms with van der Waals surface area (Å²) in [5.74, 6) is -0.0549. The predicted molar refractivity (Wildman–Crippen MR) is 92.2 cm³/mol. The molecule has 0 atom stereocenters. The number of nitriles is 1. The summed E-state index contributed by atoms with van der Waals surface area (Å²) in [5, 5.41) is 12.3. The van der Waals surface area contributed by atoms with Crippen molar-refractivity contribution in [3.8, 4) is 6.07 Å². The molecule has 0 aliphatic rings. The summed E-state index contributed by atoms with van der Waals surface area (Å²) in [6, 6.07) is 16.6. The Morgan fingerprint density at radius 2 is 1.91 bits per heavy atom. The molecule has 118 valence electrons. The quantitative estimate of drug-likeness (QED) is 0.880. The molecule has 0 fully saturated rings.